The van der Waals surface area contributed by atoms with Crippen LogP contribution in [0.25, 0.3) is 11.4 Å². The number of H-pyrrole nitrogens is 1. The van der Waals surface area contributed by atoms with Crippen LogP contribution >= 0.6 is 0 Å². The second-order valence-corrected chi connectivity index (χ2v) is 7.43. The number of aryl methyl sites for hydroxylation is 2. The molecule has 0 saturated carbocycles. The molecule has 3 aromatic rings. The van der Waals surface area contributed by atoms with Crippen molar-refractivity contribution >= 4 is 5.91 Å². The van der Waals surface area contributed by atoms with Crippen LogP contribution in [0.2, 0.25) is 0 Å². The number of carbonyl (C=O) groups is 1. The van der Waals surface area contributed by atoms with Crippen molar-refractivity contribution in [1.29, 1.82) is 0 Å². The first kappa shape index (κ1) is 18.4. The summed E-state index contributed by atoms with van der Waals surface area (Å²) in [6.45, 7) is 5.94. The zero-order valence-corrected chi connectivity index (χ0v) is 16.4. The third-order valence-corrected chi connectivity index (χ3v) is 5.18. The average molecular weight is 379 g/mol. The Morgan fingerprint density at radius 1 is 1.29 bits per heavy atom. The average Bonchev–Trinajstić information content (AvgIpc) is 3.35. The van der Waals surface area contributed by atoms with E-state index in [1.807, 2.05) is 49.0 Å². The minimum atomic E-state index is -0.0304. The molecule has 2 aromatic heterocycles. The molecule has 8 nitrogen and oxygen atoms in total. The number of nitrogens with one attached hydrogen (secondary N) is 2. The second-order valence-electron chi connectivity index (χ2n) is 7.43. The topological polar surface area (TPSA) is 91.7 Å². The van der Waals surface area contributed by atoms with Gasteiger partial charge in [0.25, 0.3) is 0 Å². The number of benzene rings is 1. The Kier molecular flexibility index (Phi) is 4.95. The molecular formula is C20H25N7O. The maximum Gasteiger partial charge on any atom is 0.217 e. The lowest BCUT2D eigenvalue weighted by Crippen LogP contribution is -2.38. The highest BCUT2D eigenvalue weighted by molar-refractivity contribution is 5.73. The second kappa shape index (κ2) is 7.55. The summed E-state index contributed by atoms with van der Waals surface area (Å²) in [5.41, 5.74) is 3.21. The van der Waals surface area contributed by atoms with Gasteiger partial charge in [0.1, 0.15) is 5.82 Å². The van der Waals surface area contributed by atoms with E-state index in [0.717, 1.165) is 36.7 Å². The van der Waals surface area contributed by atoms with E-state index in [1.165, 1.54) is 5.56 Å². The minimum absolute atomic E-state index is 0.00829. The first-order chi connectivity index (χ1) is 13.5. The van der Waals surface area contributed by atoms with Gasteiger partial charge in [-0.2, -0.15) is 10.2 Å². The molecule has 28 heavy (non-hydrogen) atoms. The van der Waals surface area contributed by atoms with Crippen molar-refractivity contribution in [2.75, 3.05) is 13.1 Å². The van der Waals surface area contributed by atoms with E-state index >= 15 is 0 Å². The van der Waals surface area contributed by atoms with Crippen molar-refractivity contribution in [1.82, 2.24) is 35.2 Å². The fraction of sp³-hybridized carbons (Fsp3) is 0.400. The number of hydrogen-bond acceptors (Lipinski definition) is 5. The molecule has 0 spiro atoms. The largest absolute Gasteiger partial charge is 0.352 e. The zero-order valence-electron chi connectivity index (χ0n) is 16.4. The van der Waals surface area contributed by atoms with Crippen LogP contribution in [0.1, 0.15) is 29.9 Å². The Hall–Kier alpha value is -3.00. The molecule has 146 valence electrons. The summed E-state index contributed by atoms with van der Waals surface area (Å²) in [7, 11) is 1.93. The number of hydrogen-bond donors (Lipinski definition) is 2. The van der Waals surface area contributed by atoms with E-state index in [-0.39, 0.29) is 17.9 Å². The number of likely N-dealkylation sites (tertiary alicyclic amines) is 1. The van der Waals surface area contributed by atoms with Crippen molar-refractivity contribution in [2.24, 2.45) is 7.05 Å². The Morgan fingerprint density at radius 2 is 2.07 bits per heavy atom. The van der Waals surface area contributed by atoms with Gasteiger partial charge < -0.3 is 5.32 Å². The number of rotatable bonds is 5. The van der Waals surface area contributed by atoms with Gasteiger partial charge in [-0.1, -0.05) is 30.3 Å². The van der Waals surface area contributed by atoms with Crippen molar-refractivity contribution in [3.8, 4) is 11.4 Å². The molecule has 2 atom stereocenters. The van der Waals surface area contributed by atoms with Crippen LogP contribution in [0.5, 0.6) is 0 Å². The van der Waals surface area contributed by atoms with Gasteiger partial charge in [-0.15, -0.1) is 0 Å². The predicted molar refractivity (Wildman–Crippen MR) is 105 cm³/mol. The maximum atomic E-state index is 11.7. The minimum Gasteiger partial charge on any atom is -0.352 e. The first-order valence-electron chi connectivity index (χ1n) is 9.46. The van der Waals surface area contributed by atoms with Crippen molar-refractivity contribution in [3.63, 3.8) is 0 Å². The van der Waals surface area contributed by atoms with Crippen LogP contribution in [-0.2, 0) is 18.4 Å². The molecule has 1 amide bonds. The number of amides is 1. The summed E-state index contributed by atoms with van der Waals surface area (Å²) in [6.07, 6.45) is 2.05. The fourth-order valence-electron chi connectivity index (χ4n) is 3.90. The third kappa shape index (κ3) is 3.82. The summed E-state index contributed by atoms with van der Waals surface area (Å²) >= 11 is 0. The van der Waals surface area contributed by atoms with E-state index in [9.17, 15) is 4.79 Å². The number of aromatic nitrogens is 5. The molecule has 1 saturated heterocycles. The van der Waals surface area contributed by atoms with Gasteiger partial charge in [0.15, 0.2) is 5.82 Å². The summed E-state index contributed by atoms with van der Waals surface area (Å²) < 4.78 is 1.84. The standard InChI is InChI=1S/C20H25N7O/c1-13-16(9-26(3)25-13)10-27-11-17(18(12-27)21-14(2)28)20-22-19(23-24-20)15-7-5-4-6-8-15/h4-9,17-18H,10-12H2,1-3H3,(H,21,28)(H,22,23,24)/t17-,18-/m1/s1. The van der Waals surface area contributed by atoms with Gasteiger partial charge in [0.05, 0.1) is 17.7 Å². The van der Waals surface area contributed by atoms with Gasteiger partial charge >= 0.3 is 0 Å². The van der Waals surface area contributed by atoms with E-state index in [4.69, 9.17) is 4.98 Å². The SMILES string of the molecule is CC(=O)N[C@@H]1CN(Cc2cn(C)nc2C)C[C@H]1c1nc(-c2ccccc2)n[nH]1. The highest BCUT2D eigenvalue weighted by atomic mass is 16.1. The third-order valence-electron chi connectivity index (χ3n) is 5.18. The van der Waals surface area contributed by atoms with Crippen LogP contribution in [0.15, 0.2) is 36.5 Å². The molecule has 0 radical (unpaired) electrons. The number of aromatic amines is 1. The Bertz CT molecular complexity index is 962. The summed E-state index contributed by atoms with van der Waals surface area (Å²) in [4.78, 5) is 18.8. The monoisotopic (exact) mass is 379 g/mol. The van der Waals surface area contributed by atoms with Crippen LogP contribution in [0.4, 0.5) is 0 Å². The molecule has 1 aliphatic heterocycles. The summed E-state index contributed by atoms with van der Waals surface area (Å²) in [6, 6.07) is 9.89. The first-order valence-corrected chi connectivity index (χ1v) is 9.46. The smallest absolute Gasteiger partial charge is 0.217 e. The number of nitrogens with zero attached hydrogens (tertiary/aromatic N) is 5. The van der Waals surface area contributed by atoms with Gasteiger partial charge in [0, 0.05) is 50.9 Å². The fourth-order valence-corrected chi connectivity index (χ4v) is 3.90. The Balaban J connectivity index is 1.55. The van der Waals surface area contributed by atoms with Gasteiger partial charge in [0.2, 0.25) is 5.91 Å². The van der Waals surface area contributed by atoms with Crippen LogP contribution in [0.3, 0.4) is 0 Å². The molecule has 0 bridgehead atoms. The van der Waals surface area contributed by atoms with Gasteiger partial charge in [-0.3, -0.25) is 19.5 Å². The predicted octanol–water partition coefficient (Wildman–Crippen LogP) is 1.62. The van der Waals surface area contributed by atoms with Gasteiger partial charge in [-0.25, -0.2) is 4.98 Å². The lowest BCUT2D eigenvalue weighted by molar-refractivity contribution is -0.119. The molecule has 8 heteroatoms. The highest BCUT2D eigenvalue weighted by Crippen LogP contribution is 2.28. The quantitative estimate of drug-likeness (QED) is 0.703. The van der Waals surface area contributed by atoms with Crippen molar-refractivity contribution in [3.05, 3.63) is 53.6 Å². The van der Waals surface area contributed by atoms with Crippen LogP contribution < -0.4 is 5.32 Å². The zero-order chi connectivity index (χ0) is 19.7. The summed E-state index contributed by atoms with van der Waals surface area (Å²) in [5.74, 6) is 1.52. The molecule has 1 fully saturated rings. The molecule has 3 heterocycles. The molecule has 4 rings (SSSR count). The maximum absolute atomic E-state index is 11.7. The van der Waals surface area contributed by atoms with Gasteiger partial charge in [-0.05, 0) is 6.92 Å². The van der Waals surface area contributed by atoms with Crippen molar-refractivity contribution in [2.45, 2.75) is 32.4 Å². The van der Waals surface area contributed by atoms with Crippen LogP contribution in [-0.4, -0.2) is 54.9 Å². The van der Waals surface area contributed by atoms with Crippen molar-refractivity contribution < 1.29 is 4.79 Å². The normalized spacial score (nSPS) is 19.8. The lowest BCUT2D eigenvalue weighted by Gasteiger charge is -2.16. The van der Waals surface area contributed by atoms with E-state index in [1.54, 1.807) is 6.92 Å². The van der Waals surface area contributed by atoms with E-state index in [0.29, 0.717) is 5.82 Å². The lowest BCUT2D eigenvalue weighted by atomic mass is 10.0. The molecule has 2 N–H and O–H groups in total. The Morgan fingerprint density at radius 3 is 2.75 bits per heavy atom. The molecule has 1 aliphatic rings. The molecular weight excluding hydrogens is 354 g/mol. The number of carbonyl (C=O) groups excluding carboxylic acids is 1. The highest BCUT2D eigenvalue weighted by Gasteiger charge is 2.36. The van der Waals surface area contributed by atoms with Crippen LogP contribution in [0, 0.1) is 6.92 Å². The molecule has 0 aliphatic carbocycles. The van der Waals surface area contributed by atoms with E-state index < -0.39 is 0 Å². The molecule has 1 aromatic carbocycles. The molecule has 0 unspecified atom stereocenters. The van der Waals surface area contributed by atoms with E-state index in [2.05, 4.69) is 31.7 Å². The summed E-state index contributed by atoms with van der Waals surface area (Å²) in [5, 5.41) is 15.0. The Labute approximate surface area is 164 Å².